The molecule has 1 aliphatic rings. The molecule has 0 radical (unpaired) electrons. The Morgan fingerprint density at radius 3 is 2.31 bits per heavy atom. The maximum atomic E-state index is 11.5. The summed E-state index contributed by atoms with van der Waals surface area (Å²) in [4.78, 5) is 11.5. The van der Waals surface area contributed by atoms with Crippen molar-refractivity contribution in [2.75, 3.05) is 0 Å². The third kappa shape index (κ3) is 1.86. The molecule has 0 aliphatic heterocycles. The lowest BCUT2D eigenvalue weighted by atomic mass is 9.86. The third-order valence-electron chi connectivity index (χ3n) is 2.24. The van der Waals surface area contributed by atoms with Crippen LogP contribution in [0.15, 0.2) is 48.6 Å². The van der Waals surface area contributed by atoms with E-state index in [1.165, 1.54) is 0 Å². The Balaban J connectivity index is 3.16. The van der Waals surface area contributed by atoms with Crippen molar-refractivity contribution < 1.29 is 4.79 Å². The van der Waals surface area contributed by atoms with Gasteiger partial charge in [0.25, 0.3) is 0 Å². The molecule has 1 aliphatic carbocycles. The van der Waals surface area contributed by atoms with Crippen LogP contribution < -0.4 is 0 Å². The first-order chi connectivity index (χ1) is 6.20. The van der Waals surface area contributed by atoms with Gasteiger partial charge in [0.15, 0.2) is 5.78 Å². The summed E-state index contributed by atoms with van der Waals surface area (Å²) in [5.74, 6) is 0.172. The molecule has 1 saturated carbocycles. The van der Waals surface area contributed by atoms with Crippen LogP contribution in [0.1, 0.15) is 19.3 Å². The molecule has 0 spiro atoms. The monoisotopic (exact) mass is 174 g/mol. The van der Waals surface area contributed by atoms with Gasteiger partial charge in [0.1, 0.15) is 0 Å². The molecule has 0 atom stereocenters. The molecule has 0 aromatic carbocycles. The molecule has 0 amide bonds. The Bertz CT molecular complexity index is 277. The second-order valence-electron chi connectivity index (χ2n) is 3.12. The highest BCUT2D eigenvalue weighted by Gasteiger charge is 2.19. The van der Waals surface area contributed by atoms with Gasteiger partial charge in [0.05, 0.1) is 0 Å². The zero-order chi connectivity index (χ0) is 9.84. The number of rotatable bonds is 2. The van der Waals surface area contributed by atoms with Crippen LogP contribution in [0.3, 0.4) is 0 Å². The summed E-state index contributed by atoms with van der Waals surface area (Å²) in [6, 6.07) is 0. The van der Waals surface area contributed by atoms with Crippen LogP contribution in [-0.4, -0.2) is 5.78 Å². The van der Waals surface area contributed by atoms with Crippen molar-refractivity contribution in [3.8, 4) is 0 Å². The lowest BCUT2D eigenvalue weighted by Gasteiger charge is -2.17. The van der Waals surface area contributed by atoms with E-state index in [1.54, 1.807) is 12.2 Å². The zero-order valence-electron chi connectivity index (χ0n) is 7.81. The van der Waals surface area contributed by atoms with Crippen molar-refractivity contribution in [1.29, 1.82) is 0 Å². The van der Waals surface area contributed by atoms with Gasteiger partial charge >= 0.3 is 0 Å². The van der Waals surface area contributed by atoms with Crippen LogP contribution in [0.25, 0.3) is 0 Å². The first kappa shape index (κ1) is 9.72. The number of carbonyl (C=O) groups is 1. The van der Waals surface area contributed by atoms with Crippen molar-refractivity contribution in [3.63, 3.8) is 0 Å². The Morgan fingerprint density at radius 1 is 1.23 bits per heavy atom. The van der Waals surface area contributed by atoms with Gasteiger partial charge in [0.2, 0.25) is 0 Å². The normalized spacial score (nSPS) is 17.1. The summed E-state index contributed by atoms with van der Waals surface area (Å²) in [6.45, 7) is 11.2. The summed E-state index contributed by atoms with van der Waals surface area (Å²) in [5.41, 5.74) is 2.47. The maximum absolute atomic E-state index is 11.5. The second kappa shape index (κ2) is 4.04. The van der Waals surface area contributed by atoms with Crippen molar-refractivity contribution in [1.82, 2.24) is 0 Å². The molecule has 0 aromatic rings. The van der Waals surface area contributed by atoms with E-state index in [9.17, 15) is 4.79 Å². The lowest BCUT2D eigenvalue weighted by Crippen LogP contribution is -2.12. The van der Waals surface area contributed by atoms with Crippen molar-refractivity contribution in [3.05, 3.63) is 48.6 Å². The van der Waals surface area contributed by atoms with Gasteiger partial charge in [-0.25, -0.2) is 0 Å². The maximum Gasteiger partial charge on any atom is 0.163 e. The predicted octanol–water partition coefficient (Wildman–Crippen LogP) is 2.96. The van der Waals surface area contributed by atoms with Crippen molar-refractivity contribution in [2.24, 2.45) is 0 Å². The van der Waals surface area contributed by atoms with E-state index in [1.807, 2.05) is 0 Å². The SMILES string of the molecule is C=CC(C=C)=C1C(=C)CCCC1=O. The third-order valence-corrected chi connectivity index (χ3v) is 2.24. The Kier molecular flexibility index (Phi) is 3.02. The average Bonchev–Trinajstić information content (AvgIpc) is 2.11. The number of Topliss-reactive ketones (excluding diaryl/α,β-unsaturated/α-hetero) is 1. The van der Waals surface area contributed by atoms with Crippen LogP contribution >= 0.6 is 0 Å². The highest BCUT2D eigenvalue weighted by atomic mass is 16.1. The van der Waals surface area contributed by atoms with Crippen LogP contribution in [-0.2, 0) is 4.79 Å². The largest absolute Gasteiger partial charge is 0.294 e. The van der Waals surface area contributed by atoms with Gasteiger partial charge in [-0.15, -0.1) is 0 Å². The standard InChI is InChI=1S/C12H14O/c1-4-10(5-2)12-9(3)7-6-8-11(12)13/h4-5H,1-3,6-8H2. The lowest BCUT2D eigenvalue weighted by molar-refractivity contribution is -0.115. The molecule has 68 valence electrons. The molecule has 1 heteroatoms. The number of hydrogen-bond donors (Lipinski definition) is 0. The van der Waals surface area contributed by atoms with Crippen LogP contribution in [0.4, 0.5) is 0 Å². The van der Waals surface area contributed by atoms with Gasteiger partial charge < -0.3 is 0 Å². The number of allylic oxidation sites excluding steroid dienone is 5. The second-order valence-corrected chi connectivity index (χ2v) is 3.12. The highest BCUT2D eigenvalue weighted by molar-refractivity contribution is 6.02. The Hall–Kier alpha value is -1.37. The van der Waals surface area contributed by atoms with Gasteiger partial charge in [-0.1, -0.05) is 31.9 Å². The molecule has 0 N–H and O–H groups in total. The minimum Gasteiger partial charge on any atom is -0.294 e. The predicted molar refractivity (Wildman–Crippen MR) is 55.4 cm³/mol. The van der Waals surface area contributed by atoms with Crippen LogP contribution in [0.5, 0.6) is 0 Å². The Morgan fingerprint density at radius 2 is 1.85 bits per heavy atom. The molecule has 0 aromatic heterocycles. The van der Waals surface area contributed by atoms with Gasteiger partial charge in [-0.2, -0.15) is 0 Å². The van der Waals surface area contributed by atoms with E-state index in [0.29, 0.717) is 6.42 Å². The highest BCUT2D eigenvalue weighted by Crippen LogP contribution is 2.27. The first-order valence-electron chi connectivity index (χ1n) is 4.41. The summed E-state index contributed by atoms with van der Waals surface area (Å²) in [5, 5.41) is 0. The number of ketones is 1. The zero-order valence-corrected chi connectivity index (χ0v) is 7.81. The molecule has 0 saturated heterocycles. The summed E-state index contributed by atoms with van der Waals surface area (Å²) in [7, 11) is 0. The molecule has 1 rings (SSSR count). The molecular weight excluding hydrogens is 160 g/mol. The van der Waals surface area contributed by atoms with Gasteiger partial charge in [-0.3, -0.25) is 4.79 Å². The van der Waals surface area contributed by atoms with E-state index in [2.05, 4.69) is 19.7 Å². The van der Waals surface area contributed by atoms with E-state index in [4.69, 9.17) is 0 Å². The molecule has 13 heavy (non-hydrogen) atoms. The summed E-state index contributed by atoms with van der Waals surface area (Å²) < 4.78 is 0. The molecule has 0 heterocycles. The summed E-state index contributed by atoms with van der Waals surface area (Å²) in [6.07, 6.45) is 5.78. The van der Waals surface area contributed by atoms with Gasteiger partial charge in [0, 0.05) is 12.0 Å². The van der Waals surface area contributed by atoms with E-state index >= 15 is 0 Å². The molecule has 1 nitrogen and oxygen atoms in total. The van der Waals surface area contributed by atoms with Crippen molar-refractivity contribution >= 4 is 5.78 Å². The van der Waals surface area contributed by atoms with E-state index < -0.39 is 0 Å². The van der Waals surface area contributed by atoms with Crippen molar-refractivity contribution in [2.45, 2.75) is 19.3 Å². The fraction of sp³-hybridized carbons (Fsp3) is 0.250. The number of carbonyl (C=O) groups excluding carboxylic acids is 1. The van der Waals surface area contributed by atoms with Crippen LogP contribution in [0.2, 0.25) is 0 Å². The first-order valence-corrected chi connectivity index (χ1v) is 4.41. The summed E-state index contributed by atoms with van der Waals surface area (Å²) >= 11 is 0. The molecule has 0 unspecified atom stereocenters. The van der Waals surface area contributed by atoms with Crippen LogP contribution in [0, 0.1) is 0 Å². The quantitative estimate of drug-likeness (QED) is 0.588. The number of hydrogen-bond acceptors (Lipinski definition) is 1. The fourth-order valence-electron chi connectivity index (χ4n) is 1.56. The molecule has 0 bridgehead atoms. The molecular formula is C12H14O. The average molecular weight is 174 g/mol. The minimum absolute atomic E-state index is 0.172. The Labute approximate surface area is 79.2 Å². The van der Waals surface area contributed by atoms with Gasteiger partial charge in [-0.05, 0) is 24.0 Å². The smallest absolute Gasteiger partial charge is 0.163 e. The fourth-order valence-corrected chi connectivity index (χ4v) is 1.56. The minimum atomic E-state index is 0.172. The van der Waals surface area contributed by atoms with E-state index in [-0.39, 0.29) is 5.78 Å². The topological polar surface area (TPSA) is 17.1 Å². The molecule has 1 fully saturated rings. The van der Waals surface area contributed by atoms with E-state index in [0.717, 1.165) is 29.6 Å².